The summed E-state index contributed by atoms with van der Waals surface area (Å²) in [5.41, 5.74) is 7.16. The van der Waals surface area contributed by atoms with Gasteiger partial charge in [-0.1, -0.05) is 48.0 Å². The van der Waals surface area contributed by atoms with Crippen molar-refractivity contribution in [3.63, 3.8) is 0 Å². The second kappa shape index (κ2) is 7.94. The highest BCUT2D eigenvalue weighted by Crippen LogP contribution is 2.36. The Bertz CT molecular complexity index is 916. The number of rotatable bonds is 5. The first-order valence-corrected chi connectivity index (χ1v) is 8.46. The minimum Gasteiger partial charge on any atom is -0.368 e. The van der Waals surface area contributed by atoms with Crippen LogP contribution in [0.1, 0.15) is 17.2 Å². The van der Waals surface area contributed by atoms with Crippen LogP contribution in [-0.4, -0.2) is 16.5 Å². The minimum atomic E-state index is -4.50. The van der Waals surface area contributed by atoms with Gasteiger partial charge in [-0.25, -0.2) is 9.97 Å². The largest absolute Gasteiger partial charge is 0.417 e. The Balaban J connectivity index is 1.75. The van der Waals surface area contributed by atoms with Crippen LogP contribution < -0.4 is 11.1 Å². The van der Waals surface area contributed by atoms with E-state index >= 15 is 0 Å². The molecule has 0 aliphatic rings. The Hall–Kier alpha value is -2.64. The zero-order chi connectivity index (χ0) is 19.4. The highest BCUT2D eigenvalue weighted by molar-refractivity contribution is 6.31. The van der Waals surface area contributed by atoms with E-state index < -0.39 is 11.7 Å². The van der Waals surface area contributed by atoms with Crippen LogP contribution in [0.15, 0.2) is 60.9 Å². The molecule has 0 radical (unpaired) electrons. The third-order valence-electron chi connectivity index (χ3n) is 3.97. The SMILES string of the molecule is NC(CNc1cc(-c2ccc(C(F)(F)F)c(Cl)c2)ncn1)c1ccccc1. The Labute approximate surface area is 159 Å². The van der Waals surface area contributed by atoms with Crippen molar-refractivity contribution < 1.29 is 13.2 Å². The highest BCUT2D eigenvalue weighted by Gasteiger charge is 2.33. The van der Waals surface area contributed by atoms with Crippen LogP contribution in [0.5, 0.6) is 0 Å². The molecule has 0 amide bonds. The van der Waals surface area contributed by atoms with E-state index in [-0.39, 0.29) is 11.1 Å². The number of nitrogens with two attached hydrogens (primary N) is 1. The first kappa shape index (κ1) is 19.1. The van der Waals surface area contributed by atoms with E-state index in [1.807, 2.05) is 30.3 Å². The van der Waals surface area contributed by atoms with Crippen LogP contribution in [0, 0.1) is 0 Å². The van der Waals surface area contributed by atoms with Crippen molar-refractivity contribution in [3.05, 3.63) is 77.1 Å². The third kappa shape index (κ3) is 4.75. The van der Waals surface area contributed by atoms with Gasteiger partial charge in [0.1, 0.15) is 12.1 Å². The third-order valence-corrected chi connectivity index (χ3v) is 4.28. The van der Waals surface area contributed by atoms with Crippen molar-refractivity contribution in [2.24, 2.45) is 5.73 Å². The molecule has 0 saturated heterocycles. The Morgan fingerprint density at radius 2 is 1.78 bits per heavy atom. The summed E-state index contributed by atoms with van der Waals surface area (Å²) in [4.78, 5) is 8.22. The summed E-state index contributed by atoms with van der Waals surface area (Å²) in [5.74, 6) is 0.516. The molecular formula is C19H16ClF3N4. The van der Waals surface area contributed by atoms with Crippen LogP contribution in [0.2, 0.25) is 5.02 Å². The number of nitrogens with zero attached hydrogens (tertiary/aromatic N) is 2. The van der Waals surface area contributed by atoms with Crippen LogP contribution in [0.25, 0.3) is 11.3 Å². The van der Waals surface area contributed by atoms with E-state index in [0.717, 1.165) is 11.6 Å². The summed E-state index contributed by atoms with van der Waals surface area (Å²) in [5, 5.41) is 2.74. The predicted molar refractivity (Wildman–Crippen MR) is 99.3 cm³/mol. The van der Waals surface area contributed by atoms with Gasteiger partial charge in [0.2, 0.25) is 0 Å². The summed E-state index contributed by atoms with van der Waals surface area (Å²) in [6, 6.07) is 14.5. The number of benzene rings is 2. The zero-order valence-electron chi connectivity index (χ0n) is 14.0. The number of alkyl halides is 3. The number of hydrogen-bond acceptors (Lipinski definition) is 4. The number of nitrogens with one attached hydrogen (secondary N) is 1. The molecule has 3 rings (SSSR count). The fourth-order valence-electron chi connectivity index (χ4n) is 2.55. The molecule has 0 bridgehead atoms. The second-order valence-electron chi connectivity index (χ2n) is 5.88. The standard InChI is InChI=1S/C19H16ClF3N4/c20-15-8-13(6-7-14(15)19(21,22)23)17-9-18(27-11-26-17)25-10-16(24)12-4-2-1-3-5-12/h1-9,11,16H,10,24H2,(H,25,26,27). The number of hydrogen-bond donors (Lipinski definition) is 2. The van der Waals surface area contributed by atoms with Crippen LogP contribution in [-0.2, 0) is 6.18 Å². The molecule has 27 heavy (non-hydrogen) atoms. The van der Waals surface area contributed by atoms with E-state index in [2.05, 4.69) is 15.3 Å². The Morgan fingerprint density at radius 3 is 2.44 bits per heavy atom. The van der Waals surface area contributed by atoms with Crippen molar-refractivity contribution in [2.75, 3.05) is 11.9 Å². The topological polar surface area (TPSA) is 63.8 Å². The van der Waals surface area contributed by atoms with Gasteiger partial charge in [-0.05, 0) is 17.7 Å². The molecule has 1 aromatic heterocycles. The van der Waals surface area contributed by atoms with Gasteiger partial charge in [0.15, 0.2) is 0 Å². The summed E-state index contributed by atoms with van der Waals surface area (Å²) < 4.78 is 38.5. The average molecular weight is 393 g/mol. The van der Waals surface area contributed by atoms with Crippen molar-refractivity contribution in [1.82, 2.24) is 9.97 Å². The van der Waals surface area contributed by atoms with Gasteiger partial charge >= 0.3 is 6.18 Å². The number of halogens is 4. The van der Waals surface area contributed by atoms with E-state index in [1.54, 1.807) is 6.07 Å². The lowest BCUT2D eigenvalue weighted by Gasteiger charge is -2.14. The molecule has 4 nitrogen and oxygen atoms in total. The molecule has 140 valence electrons. The molecule has 8 heteroatoms. The van der Waals surface area contributed by atoms with Crippen molar-refractivity contribution in [2.45, 2.75) is 12.2 Å². The summed E-state index contributed by atoms with van der Waals surface area (Å²) >= 11 is 5.78. The molecule has 2 aromatic carbocycles. The van der Waals surface area contributed by atoms with Crippen molar-refractivity contribution >= 4 is 17.4 Å². The molecule has 0 spiro atoms. The first-order valence-electron chi connectivity index (χ1n) is 8.08. The molecule has 1 heterocycles. The maximum atomic E-state index is 12.8. The normalized spacial score (nSPS) is 12.6. The molecule has 0 aliphatic carbocycles. The lowest BCUT2D eigenvalue weighted by Crippen LogP contribution is -2.20. The fraction of sp³-hybridized carbons (Fsp3) is 0.158. The molecule has 1 atom stereocenters. The molecule has 1 unspecified atom stereocenters. The molecule has 0 saturated carbocycles. The number of aromatic nitrogens is 2. The second-order valence-corrected chi connectivity index (χ2v) is 6.29. The highest BCUT2D eigenvalue weighted by atomic mass is 35.5. The van der Waals surface area contributed by atoms with Gasteiger partial charge in [-0.2, -0.15) is 13.2 Å². The molecule has 3 N–H and O–H groups in total. The first-order chi connectivity index (χ1) is 12.8. The van der Waals surface area contributed by atoms with Gasteiger partial charge < -0.3 is 11.1 Å². The Morgan fingerprint density at radius 1 is 1.04 bits per heavy atom. The van der Waals surface area contributed by atoms with Gasteiger partial charge in [-0.3, -0.25) is 0 Å². The van der Waals surface area contributed by atoms with Crippen molar-refractivity contribution in [3.8, 4) is 11.3 Å². The molecular weight excluding hydrogens is 377 g/mol. The van der Waals surface area contributed by atoms with Gasteiger partial charge in [0.05, 0.1) is 16.3 Å². The smallest absolute Gasteiger partial charge is 0.368 e. The lowest BCUT2D eigenvalue weighted by atomic mass is 10.1. The van der Waals surface area contributed by atoms with Crippen molar-refractivity contribution in [1.29, 1.82) is 0 Å². The zero-order valence-corrected chi connectivity index (χ0v) is 14.8. The fourth-order valence-corrected chi connectivity index (χ4v) is 2.84. The molecule has 0 aliphatic heterocycles. The average Bonchev–Trinajstić information content (AvgIpc) is 2.66. The summed E-state index contributed by atoms with van der Waals surface area (Å²) in [7, 11) is 0. The molecule has 0 fully saturated rings. The van der Waals surface area contributed by atoms with E-state index in [4.69, 9.17) is 17.3 Å². The minimum absolute atomic E-state index is 0.231. The quantitative estimate of drug-likeness (QED) is 0.646. The van der Waals surface area contributed by atoms with E-state index in [0.29, 0.717) is 23.6 Å². The van der Waals surface area contributed by atoms with Crippen LogP contribution in [0.4, 0.5) is 19.0 Å². The van der Waals surface area contributed by atoms with Gasteiger partial charge in [-0.15, -0.1) is 0 Å². The lowest BCUT2D eigenvalue weighted by molar-refractivity contribution is -0.137. The van der Waals surface area contributed by atoms with E-state index in [9.17, 15) is 13.2 Å². The maximum Gasteiger partial charge on any atom is 0.417 e. The predicted octanol–water partition coefficient (Wildman–Crippen LogP) is 4.93. The molecule has 3 aromatic rings. The van der Waals surface area contributed by atoms with E-state index in [1.165, 1.54) is 18.5 Å². The summed E-state index contributed by atoms with van der Waals surface area (Å²) in [6.45, 7) is 0.439. The van der Waals surface area contributed by atoms with Crippen LogP contribution >= 0.6 is 11.6 Å². The maximum absolute atomic E-state index is 12.8. The number of anilines is 1. The Kier molecular flexibility index (Phi) is 5.62. The summed E-state index contributed by atoms with van der Waals surface area (Å²) in [6.07, 6.45) is -3.17. The van der Waals surface area contributed by atoms with Crippen LogP contribution in [0.3, 0.4) is 0 Å². The van der Waals surface area contributed by atoms with Gasteiger partial charge in [0, 0.05) is 24.2 Å². The monoisotopic (exact) mass is 392 g/mol. The van der Waals surface area contributed by atoms with Gasteiger partial charge in [0.25, 0.3) is 0 Å².